The van der Waals surface area contributed by atoms with E-state index in [0.29, 0.717) is 29.9 Å². The molecule has 2 unspecified atom stereocenters. The summed E-state index contributed by atoms with van der Waals surface area (Å²) < 4.78 is 5.65. The molecule has 0 saturated carbocycles. The third-order valence-corrected chi connectivity index (χ3v) is 5.74. The van der Waals surface area contributed by atoms with Crippen LogP contribution in [0.1, 0.15) is 5.56 Å². The van der Waals surface area contributed by atoms with Crippen LogP contribution in [0.5, 0.6) is 5.75 Å². The van der Waals surface area contributed by atoms with E-state index in [1.165, 1.54) is 0 Å². The van der Waals surface area contributed by atoms with Crippen LogP contribution in [-0.2, 0) is 11.2 Å². The van der Waals surface area contributed by atoms with Crippen LogP contribution < -0.4 is 26.4 Å². The summed E-state index contributed by atoms with van der Waals surface area (Å²) in [6.45, 7) is 1.12. The summed E-state index contributed by atoms with van der Waals surface area (Å²) in [7, 11) is 0. The van der Waals surface area contributed by atoms with E-state index in [0.717, 1.165) is 29.4 Å². The highest BCUT2D eigenvalue weighted by molar-refractivity contribution is 8.15. The predicted molar refractivity (Wildman–Crippen MR) is 122 cm³/mol. The Morgan fingerprint density at radius 1 is 1.09 bits per heavy atom. The Hall–Kier alpha value is -3.28. The molecule has 1 aliphatic heterocycles. The van der Waals surface area contributed by atoms with Gasteiger partial charge in [-0.15, -0.1) is 0 Å². The number of benzene rings is 2. The number of imide groups is 1. The van der Waals surface area contributed by atoms with Crippen LogP contribution in [0, 0.1) is 0 Å². The number of thioether (sulfide) groups is 1. The fourth-order valence-electron chi connectivity index (χ4n) is 3.27. The minimum absolute atomic E-state index is 0.0922. The van der Waals surface area contributed by atoms with Crippen molar-refractivity contribution in [3.05, 3.63) is 58.5 Å². The average molecular weight is 458 g/mol. The minimum atomic E-state index is -0.708. The Bertz CT molecular complexity index is 1160. The molecular weight excluding hydrogens is 434 g/mol. The number of nitrogens with one attached hydrogen (secondary N) is 5. The molecule has 2 aromatic carbocycles. The van der Waals surface area contributed by atoms with Crippen molar-refractivity contribution in [2.75, 3.05) is 25.0 Å². The Balaban J connectivity index is 1.17. The maximum absolute atomic E-state index is 11.6. The SMILES string of the molecule is O=C1NC(=O)C(Nc2ccc(CCNCC(O)COc3cccc4[nH]c(=O)[nH]c34)cc2)S1. The lowest BCUT2D eigenvalue weighted by atomic mass is 10.1. The Labute approximate surface area is 187 Å². The third kappa shape index (κ3) is 5.49. The van der Waals surface area contributed by atoms with Crippen molar-refractivity contribution in [3.63, 3.8) is 0 Å². The van der Waals surface area contributed by atoms with Crippen LogP contribution >= 0.6 is 11.8 Å². The molecule has 3 aromatic rings. The molecule has 10 nitrogen and oxygen atoms in total. The number of anilines is 1. The van der Waals surface area contributed by atoms with Crippen LogP contribution in [0.15, 0.2) is 47.3 Å². The number of hydrogen-bond acceptors (Lipinski definition) is 8. The molecule has 168 valence electrons. The van der Waals surface area contributed by atoms with Crippen molar-refractivity contribution in [3.8, 4) is 5.75 Å². The first kappa shape index (κ1) is 21.9. The first-order valence-electron chi connectivity index (χ1n) is 10.1. The summed E-state index contributed by atoms with van der Waals surface area (Å²) in [6.07, 6.45) is 0.0507. The Morgan fingerprint density at radius 3 is 2.66 bits per heavy atom. The molecule has 1 fully saturated rings. The molecule has 11 heteroatoms. The molecule has 1 aromatic heterocycles. The van der Waals surface area contributed by atoms with Crippen LogP contribution in [0.25, 0.3) is 11.0 Å². The summed E-state index contributed by atoms with van der Waals surface area (Å²) in [4.78, 5) is 39.6. The first-order chi connectivity index (χ1) is 15.5. The molecule has 1 aliphatic rings. The standard InChI is InChI=1S/C21H23N5O5S/c27-14(11-31-16-3-1-2-15-17(16)25-20(29)24-15)10-22-9-8-12-4-6-13(7-5-12)23-19-18(28)26-21(30)32-19/h1-7,14,19,22-23,27H,8-11H2,(H2,24,25,29)(H,26,28,30). The number of aliphatic hydroxyl groups is 1. The summed E-state index contributed by atoms with van der Waals surface area (Å²) >= 11 is 0.924. The molecule has 6 N–H and O–H groups in total. The lowest BCUT2D eigenvalue weighted by molar-refractivity contribution is -0.118. The number of H-pyrrole nitrogens is 2. The summed E-state index contributed by atoms with van der Waals surface area (Å²) in [5.41, 5.74) is 2.78. The third-order valence-electron chi connectivity index (χ3n) is 4.85. The molecule has 0 radical (unpaired) electrons. The smallest absolute Gasteiger partial charge is 0.323 e. The Morgan fingerprint density at radius 2 is 1.91 bits per heavy atom. The molecule has 2 amide bonds. The van der Waals surface area contributed by atoms with Gasteiger partial charge in [0.2, 0.25) is 0 Å². The van der Waals surface area contributed by atoms with E-state index in [1.807, 2.05) is 24.3 Å². The highest BCUT2D eigenvalue weighted by atomic mass is 32.2. The number of aromatic nitrogens is 2. The van der Waals surface area contributed by atoms with Crippen molar-refractivity contribution in [1.82, 2.24) is 20.6 Å². The van der Waals surface area contributed by atoms with Crippen molar-refractivity contribution in [2.45, 2.75) is 17.9 Å². The van der Waals surface area contributed by atoms with E-state index in [-0.39, 0.29) is 23.4 Å². The Kier molecular flexibility index (Phi) is 6.78. The number of aromatic amines is 2. The topological polar surface area (TPSA) is 148 Å². The van der Waals surface area contributed by atoms with Crippen LogP contribution in [0.2, 0.25) is 0 Å². The lowest BCUT2D eigenvalue weighted by Gasteiger charge is -2.14. The number of carbonyl (C=O) groups is 2. The van der Waals surface area contributed by atoms with Gasteiger partial charge in [0.05, 0.1) is 5.52 Å². The lowest BCUT2D eigenvalue weighted by Crippen LogP contribution is -2.32. The predicted octanol–water partition coefficient (Wildman–Crippen LogP) is 1.15. The highest BCUT2D eigenvalue weighted by Crippen LogP contribution is 2.22. The number of fused-ring (bicyclic) bond motifs is 1. The number of para-hydroxylation sites is 1. The summed E-state index contributed by atoms with van der Waals surface area (Å²) in [5, 5.41) is 17.7. The molecule has 0 aliphatic carbocycles. The van der Waals surface area contributed by atoms with Gasteiger partial charge in [-0.2, -0.15) is 0 Å². The molecule has 32 heavy (non-hydrogen) atoms. The number of aliphatic hydroxyl groups excluding tert-OH is 1. The second-order valence-electron chi connectivity index (χ2n) is 7.29. The maximum Gasteiger partial charge on any atom is 0.323 e. The number of hydrogen-bond donors (Lipinski definition) is 6. The fraction of sp³-hybridized carbons (Fsp3) is 0.286. The number of amides is 2. The summed E-state index contributed by atoms with van der Waals surface area (Å²) in [5.74, 6) is 0.167. The van der Waals surface area contributed by atoms with Gasteiger partial charge in [0, 0.05) is 12.2 Å². The molecular formula is C21H23N5O5S. The van der Waals surface area contributed by atoms with Gasteiger partial charge >= 0.3 is 5.69 Å². The van der Waals surface area contributed by atoms with Gasteiger partial charge in [0.25, 0.3) is 11.1 Å². The summed E-state index contributed by atoms with van der Waals surface area (Å²) in [6, 6.07) is 12.9. The van der Waals surface area contributed by atoms with Crippen molar-refractivity contribution in [2.24, 2.45) is 0 Å². The van der Waals surface area contributed by atoms with Gasteiger partial charge < -0.3 is 30.4 Å². The van der Waals surface area contributed by atoms with Crippen LogP contribution in [-0.4, -0.2) is 57.4 Å². The molecule has 0 bridgehead atoms. The number of carbonyl (C=O) groups excluding carboxylic acids is 2. The average Bonchev–Trinajstić information content (AvgIpc) is 3.31. The van der Waals surface area contributed by atoms with Gasteiger partial charge in [0.1, 0.15) is 24.0 Å². The molecule has 2 atom stereocenters. The van der Waals surface area contributed by atoms with Gasteiger partial charge in [0.15, 0.2) is 5.37 Å². The van der Waals surface area contributed by atoms with E-state index in [4.69, 9.17) is 4.74 Å². The second-order valence-corrected chi connectivity index (χ2v) is 8.37. The van der Waals surface area contributed by atoms with E-state index < -0.39 is 11.5 Å². The number of imidazole rings is 1. The second kappa shape index (κ2) is 9.90. The van der Waals surface area contributed by atoms with E-state index in [2.05, 4.69) is 25.9 Å². The van der Waals surface area contributed by atoms with Crippen LogP contribution in [0.4, 0.5) is 10.5 Å². The van der Waals surface area contributed by atoms with Crippen molar-refractivity contribution >= 4 is 39.6 Å². The zero-order valence-electron chi connectivity index (χ0n) is 17.0. The van der Waals surface area contributed by atoms with Gasteiger partial charge in [-0.1, -0.05) is 18.2 Å². The van der Waals surface area contributed by atoms with E-state index >= 15 is 0 Å². The first-order valence-corrected chi connectivity index (χ1v) is 11.0. The molecule has 4 rings (SSSR count). The number of rotatable bonds is 10. The maximum atomic E-state index is 11.6. The van der Waals surface area contributed by atoms with Gasteiger partial charge in [-0.3, -0.25) is 14.9 Å². The zero-order valence-corrected chi connectivity index (χ0v) is 17.8. The van der Waals surface area contributed by atoms with Crippen LogP contribution in [0.3, 0.4) is 0 Å². The molecule has 1 saturated heterocycles. The van der Waals surface area contributed by atoms with E-state index in [9.17, 15) is 19.5 Å². The monoisotopic (exact) mass is 457 g/mol. The van der Waals surface area contributed by atoms with Crippen molar-refractivity contribution < 1.29 is 19.4 Å². The fourth-order valence-corrected chi connectivity index (χ4v) is 4.00. The van der Waals surface area contributed by atoms with Crippen molar-refractivity contribution in [1.29, 1.82) is 0 Å². The van der Waals surface area contributed by atoms with Gasteiger partial charge in [-0.25, -0.2) is 4.79 Å². The molecule has 2 heterocycles. The largest absolute Gasteiger partial charge is 0.489 e. The van der Waals surface area contributed by atoms with E-state index in [1.54, 1.807) is 18.2 Å². The van der Waals surface area contributed by atoms with Gasteiger partial charge in [-0.05, 0) is 54.6 Å². The normalized spacial score (nSPS) is 16.8. The minimum Gasteiger partial charge on any atom is -0.489 e. The molecule has 0 spiro atoms. The number of ether oxygens (including phenoxy) is 1. The zero-order chi connectivity index (χ0) is 22.5. The highest BCUT2D eigenvalue weighted by Gasteiger charge is 2.31. The quantitative estimate of drug-likeness (QED) is 0.248.